The zero-order valence-electron chi connectivity index (χ0n) is 16.7. The van der Waals surface area contributed by atoms with Crippen LogP contribution in [0.4, 0.5) is 5.69 Å². The number of hydrogen-bond donors (Lipinski definition) is 1. The van der Waals surface area contributed by atoms with Crippen molar-refractivity contribution in [2.75, 3.05) is 26.9 Å². The number of nitrogens with zero attached hydrogens (tertiary/aromatic N) is 1. The number of rotatable bonds is 7. The first-order valence-electron chi connectivity index (χ1n) is 9.24. The number of nitrogens with one attached hydrogen (secondary N) is 1. The SMILES string of the molecule is CCOc1cc(C(=O)NC(C)c2cc3c(cc2Br)OCCO3)c([N+](=O)[O-])cc1OC. The maximum Gasteiger partial charge on any atom is 0.286 e. The van der Waals surface area contributed by atoms with E-state index in [-0.39, 0.29) is 22.7 Å². The number of methoxy groups -OCH3 is 1. The Morgan fingerprint density at radius 2 is 1.90 bits per heavy atom. The van der Waals surface area contributed by atoms with E-state index in [1.165, 1.54) is 19.2 Å². The van der Waals surface area contributed by atoms with Crippen LogP contribution in [0.3, 0.4) is 0 Å². The van der Waals surface area contributed by atoms with Crippen molar-refractivity contribution in [2.24, 2.45) is 0 Å². The maximum atomic E-state index is 12.9. The number of carbonyl (C=O) groups is 1. The quantitative estimate of drug-likeness (QED) is 0.470. The summed E-state index contributed by atoms with van der Waals surface area (Å²) in [5, 5.41) is 14.3. The summed E-state index contributed by atoms with van der Waals surface area (Å²) >= 11 is 3.48. The largest absolute Gasteiger partial charge is 0.493 e. The number of carbonyl (C=O) groups excluding carboxylic acids is 1. The molecule has 1 aliphatic rings. The van der Waals surface area contributed by atoms with Gasteiger partial charge in [0.1, 0.15) is 18.8 Å². The zero-order chi connectivity index (χ0) is 21.8. The molecule has 1 heterocycles. The molecule has 30 heavy (non-hydrogen) atoms. The van der Waals surface area contributed by atoms with Crippen molar-refractivity contribution in [3.8, 4) is 23.0 Å². The molecule has 0 radical (unpaired) electrons. The normalized spacial score (nSPS) is 13.3. The molecule has 0 saturated carbocycles. The standard InChI is InChI=1S/C20H21BrN2O7/c1-4-28-17-8-13(15(23(25)26)10-16(17)27-3)20(24)22-11(2)12-7-18-19(9-14(12)21)30-6-5-29-18/h7-11H,4-6H2,1-3H3,(H,22,24). The van der Waals surface area contributed by atoms with Crippen LogP contribution in [0.25, 0.3) is 0 Å². The molecule has 0 aliphatic carbocycles. The fourth-order valence-corrected chi connectivity index (χ4v) is 3.74. The molecule has 3 rings (SSSR count). The van der Waals surface area contributed by atoms with Crippen LogP contribution in [0.5, 0.6) is 23.0 Å². The second-order valence-electron chi connectivity index (χ2n) is 6.42. The molecule has 1 aliphatic heterocycles. The highest BCUT2D eigenvalue weighted by atomic mass is 79.9. The predicted octanol–water partition coefficient (Wildman–Crippen LogP) is 4.03. The van der Waals surface area contributed by atoms with Crippen molar-refractivity contribution < 1.29 is 28.7 Å². The first-order chi connectivity index (χ1) is 14.3. The molecule has 9 nitrogen and oxygen atoms in total. The van der Waals surface area contributed by atoms with Crippen molar-refractivity contribution in [2.45, 2.75) is 19.9 Å². The van der Waals surface area contributed by atoms with Crippen LogP contribution < -0.4 is 24.3 Å². The highest BCUT2D eigenvalue weighted by Gasteiger charge is 2.27. The van der Waals surface area contributed by atoms with E-state index in [0.29, 0.717) is 31.3 Å². The van der Waals surface area contributed by atoms with Gasteiger partial charge < -0.3 is 24.3 Å². The number of fused-ring (bicyclic) bond motifs is 1. The predicted molar refractivity (Wildman–Crippen MR) is 112 cm³/mol. The smallest absolute Gasteiger partial charge is 0.286 e. The monoisotopic (exact) mass is 480 g/mol. The van der Waals surface area contributed by atoms with E-state index in [0.717, 1.165) is 10.0 Å². The third kappa shape index (κ3) is 4.43. The summed E-state index contributed by atoms with van der Waals surface area (Å²) in [6.45, 7) is 4.76. The van der Waals surface area contributed by atoms with E-state index in [1.54, 1.807) is 26.0 Å². The van der Waals surface area contributed by atoms with Gasteiger partial charge in [-0.15, -0.1) is 0 Å². The first-order valence-corrected chi connectivity index (χ1v) is 10.0. The van der Waals surface area contributed by atoms with E-state index < -0.39 is 16.9 Å². The van der Waals surface area contributed by atoms with Crippen LogP contribution in [-0.2, 0) is 0 Å². The Hall–Kier alpha value is -3.01. The number of benzene rings is 2. The Morgan fingerprint density at radius 3 is 2.50 bits per heavy atom. The van der Waals surface area contributed by atoms with Gasteiger partial charge in [0, 0.05) is 10.5 Å². The van der Waals surface area contributed by atoms with E-state index in [9.17, 15) is 14.9 Å². The number of halogens is 1. The van der Waals surface area contributed by atoms with Crippen molar-refractivity contribution in [3.63, 3.8) is 0 Å². The van der Waals surface area contributed by atoms with Gasteiger partial charge in [-0.3, -0.25) is 14.9 Å². The summed E-state index contributed by atoms with van der Waals surface area (Å²) in [5.74, 6) is 1.02. The molecule has 10 heteroatoms. The van der Waals surface area contributed by atoms with Crippen molar-refractivity contribution in [1.29, 1.82) is 0 Å². The van der Waals surface area contributed by atoms with E-state index in [1.807, 2.05) is 0 Å². The minimum absolute atomic E-state index is 0.121. The second kappa shape index (κ2) is 9.21. The average molecular weight is 481 g/mol. The number of nitro groups is 1. The summed E-state index contributed by atoms with van der Waals surface area (Å²) in [5.41, 5.74) is 0.250. The third-order valence-electron chi connectivity index (χ3n) is 4.50. The van der Waals surface area contributed by atoms with Gasteiger partial charge in [0.15, 0.2) is 23.0 Å². The highest BCUT2D eigenvalue weighted by molar-refractivity contribution is 9.10. The first kappa shape index (κ1) is 21.7. The van der Waals surface area contributed by atoms with E-state index in [4.69, 9.17) is 18.9 Å². The van der Waals surface area contributed by atoms with Crippen LogP contribution in [0.1, 0.15) is 35.8 Å². The maximum absolute atomic E-state index is 12.9. The lowest BCUT2D eigenvalue weighted by atomic mass is 10.1. The van der Waals surface area contributed by atoms with Gasteiger partial charge in [-0.25, -0.2) is 0 Å². The van der Waals surface area contributed by atoms with E-state index in [2.05, 4.69) is 21.2 Å². The van der Waals surface area contributed by atoms with Crippen molar-refractivity contribution in [1.82, 2.24) is 5.32 Å². The van der Waals surface area contributed by atoms with Crippen molar-refractivity contribution in [3.05, 3.63) is 50.0 Å². The average Bonchev–Trinajstić information content (AvgIpc) is 2.72. The molecular formula is C20H21BrN2O7. The summed E-state index contributed by atoms with van der Waals surface area (Å²) in [7, 11) is 1.38. The lowest BCUT2D eigenvalue weighted by Gasteiger charge is -2.22. The molecule has 0 fully saturated rings. The molecule has 0 bridgehead atoms. The molecular weight excluding hydrogens is 460 g/mol. The Balaban J connectivity index is 1.91. The Morgan fingerprint density at radius 1 is 1.23 bits per heavy atom. The van der Waals surface area contributed by atoms with Crippen LogP contribution in [0.15, 0.2) is 28.7 Å². The summed E-state index contributed by atoms with van der Waals surface area (Å²) in [4.78, 5) is 23.8. The molecule has 1 atom stereocenters. The van der Waals surface area contributed by atoms with Gasteiger partial charge in [-0.05, 0) is 31.5 Å². The second-order valence-corrected chi connectivity index (χ2v) is 7.28. The number of hydrogen-bond acceptors (Lipinski definition) is 7. The summed E-state index contributed by atoms with van der Waals surface area (Å²) < 4.78 is 22.5. The lowest BCUT2D eigenvalue weighted by molar-refractivity contribution is -0.385. The van der Waals surface area contributed by atoms with Gasteiger partial charge in [0.25, 0.3) is 11.6 Å². The minimum Gasteiger partial charge on any atom is -0.493 e. The van der Waals surface area contributed by atoms with E-state index >= 15 is 0 Å². The minimum atomic E-state index is -0.627. The summed E-state index contributed by atoms with van der Waals surface area (Å²) in [6, 6.07) is 5.58. The lowest BCUT2D eigenvalue weighted by Crippen LogP contribution is -2.28. The summed E-state index contributed by atoms with van der Waals surface area (Å²) in [6.07, 6.45) is 0. The Bertz CT molecular complexity index is 980. The molecule has 1 amide bonds. The van der Waals surface area contributed by atoms with Gasteiger partial charge in [-0.2, -0.15) is 0 Å². The van der Waals surface area contributed by atoms with Gasteiger partial charge in [0.2, 0.25) is 0 Å². The molecule has 0 spiro atoms. The number of amides is 1. The fourth-order valence-electron chi connectivity index (χ4n) is 3.07. The number of nitro benzene ring substituents is 1. The molecule has 160 valence electrons. The highest BCUT2D eigenvalue weighted by Crippen LogP contribution is 2.38. The van der Waals surface area contributed by atoms with Gasteiger partial charge in [0.05, 0.1) is 30.7 Å². The van der Waals surface area contributed by atoms with Crippen molar-refractivity contribution >= 4 is 27.5 Å². The number of ether oxygens (including phenoxy) is 4. The Kier molecular flexibility index (Phi) is 6.66. The van der Waals surface area contributed by atoms with Gasteiger partial charge in [-0.1, -0.05) is 15.9 Å². The van der Waals surface area contributed by atoms with Crippen LogP contribution >= 0.6 is 15.9 Å². The van der Waals surface area contributed by atoms with Crippen LogP contribution in [0, 0.1) is 10.1 Å². The molecule has 2 aromatic carbocycles. The molecule has 0 saturated heterocycles. The molecule has 2 aromatic rings. The van der Waals surface area contributed by atoms with Crippen LogP contribution in [0.2, 0.25) is 0 Å². The molecule has 1 N–H and O–H groups in total. The molecule has 0 aromatic heterocycles. The topological polar surface area (TPSA) is 109 Å². The van der Waals surface area contributed by atoms with Crippen LogP contribution in [-0.4, -0.2) is 37.8 Å². The zero-order valence-corrected chi connectivity index (χ0v) is 18.3. The Labute approximate surface area is 181 Å². The third-order valence-corrected chi connectivity index (χ3v) is 5.19. The fraction of sp³-hybridized carbons (Fsp3) is 0.350. The van der Waals surface area contributed by atoms with Gasteiger partial charge >= 0.3 is 0 Å². The molecule has 1 unspecified atom stereocenters.